The first-order valence-electron chi connectivity index (χ1n) is 11.4. The number of hydrogen-bond acceptors (Lipinski definition) is 6. The van der Waals surface area contributed by atoms with E-state index in [1.54, 1.807) is 60.7 Å². The second-order valence-electron chi connectivity index (χ2n) is 8.33. The summed E-state index contributed by atoms with van der Waals surface area (Å²) in [6, 6.07) is 21.4. The van der Waals surface area contributed by atoms with E-state index in [0.29, 0.717) is 33.5 Å². The molecule has 1 aromatic heterocycles. The van der Waals surface area contributed by atoms with Gasteiger partial charge in [-0.1, -0.05) is 36.4 Å². The third kappa shape index (κ3) is 4.44. The highest BCUT2D eigenvalue weighted by Gasteiger charge is 2.16. The third-order valence-electron chi connectivity index (χ3n) is 6.09. The van der Waals surface area contributed by atoms with Gasteiger partial charge in [0.05, 0.1) is 29.1 Å². The van der Waals surface area contributed by atoms with E-state index >= 15 is 0 Å². The third-order valence-corrected chi connectivity index (χ3v) is 6.09. The predicted molar refractivity (Wildman–Crippen MR) is 132 cm³/mol. The molecule has 0 saturated heterocycles. The number of nitrogens with one attached hydrogen (secondary N) is 1. The van der Waals surface area contributed by atoms with Crippen LogP contribution >= 0.6 is 0 Å². The maximum absolute atomic E-state index is 13.4. The van der Waals surface area contributed by atoms with E-state index in [4.69, 9.17) is 9.47 Å². The Labute approximate surface area is 205 Å². The highest BCUT2D eigenvalue weighted by atomic mass is 16.7. The van der Waals surface area contributed by atoms with Crippen molar-refractivity contribution in [3.05, 3.63) is 104 Å². The Kier molecular flexibility index (Phi) is 6.24. The van der Waals surface area contributed by atoms with Gasteiger partial charge >= 0.3 is 5.69 Å². The lowest BCUT2D eigenvalue weighted by Gasteiger charge is -2.15. The molecule has 0 spiro atoms. The van der Waals surface area contributed by atoms with Gasteiger partial charge in [0, 0.05) is 19.5 Å². The van der Waals surface area contributed by atoms with E-state index in [1.807, 2.05) is 6.07 Å². The Morgan fingerprint density at radius 3 is 2.61 bits per heavy atom. The Bertz CT molecular complexity index is 1630. The number of benzene rings is 3. The van der Waals surface area contributed by atoms with Gasteiger partial charge in [0.15, 0.2) is 11.5 Å². The largest absolute Gasteiger partial charge is 0.454 e. The molecule has 0 bridgehead atoms. The van der Waals surface area contributed by atoms with Gasteiger partial charge in [0.1, 0.15) is 0 Å². The van der Waals surface area contributed by atoms with Gasteiger partial charge in [-0.05, 0) is 41.5 Å². The lowest BCUT2D eigenvalue weighted by atomic mass is 10.1. The summed E-state index contributed by atoms with van der Waals surface area (Å²) >= 11 is 0. The molecule has 3 aromatic carbocycles. The summed E-state index contributed by atoms with van der Waals surface area (Å²) < 4.78 is 13.2. The number of rotatable bonds is 7. The zero-order valence-electron chi connectivity index (χ0n) is 19.3. The molecule has 2 heterocycles. The Morgan fingerprint density at radius 2 is 1.75 bits per heavy atom. The highest BCUT2D eigenvalue weighted by molar-refractivity contribution is 5.78. The van der Waals surface area contributed by atoms with Gasteiger partial charge < -0.3 is 14.8 Å². The number of hydrogen-bond donors (Lipinski definition) is 1. The topological polar surface area (TPSA) is 115 Å². The quantitative estimate of drug-likeness (QED) is 0.433. The number of fused-ring (bicyclic) bond motifs is 2. The van der Waals surface area contributed by atoms with Gasteiger partial charge in [-0.15, -0.1) is 0 Å². The minimum Gasteiger partial charge on any atom is -0.454 e. The van der Waals surface area contributed by atoms with Crippen LogP contribution in [-0.4, -0.2) is 21.8 Å². The van der Waals surface area contributed by atoms with E-state index in [0.717, 1.165) is 10.1 Å². The molecule has 0 saturated carbocycles. The maximum Gasteiger partial charge on any atom is 0.331 e. The second kappa shape index (κ2) is 9.80. The number of carbonyl (C=O) groups is 1. The molecular weight excluding hydrogens is 460 g/mol. The van der Waals surface area contributed by atoms with Crippen LogP contribution in [0, 0.1) is 11.3 Å². The van der Waals surface area contributed by atoms with E-state index < -0.39 is 11.2 Å². The van der Waals surface area contributed by atoms with Crippen LogP contribution in [0.3, 0.4) is 0 Å². The summed E-state index contributed by atoms with van der Waals surface area (Å²) in [5.41, 5.74) is 1.45. The van der Waals surface area contributed by atoms with Crippen molar-refractivity contribution in [2.45, 2.75) is 26.1 Å². The van der Waals surface area contributed by atoms with Crippen molar-refractivity contribution >= 4 is 16.8 Å². The zero-order chi connectivity index (χ0) is 25.1. The number of ether oxygens (including phenoxy) is 2. The van der Waals surface area contributed by atoms with E-state index in [9.17, 15) is 19.6 Å². The molecule has 1 aliphatic heterocycles. The zero-order valence-corrected chi connectivity index (χ0v) is 19.3. The van der Waals surface area contributed by atoms with Gasteiger partial charge in [0.25, 0.3) is 5.56 Å². The molecule has 0 unspecified atom stereocenters. The van der Waals surface area contributed by atoms with Crippen LogP contribution in [0.2, 0.25) is 0 Å². The molecule has 0 radical (unpaired) electrons. The molecule has 0 fully saturated rings. The van der Waals surface area contributed by atoms with Crippen molar-refractivity contribution in [3.8, 4) is 17.6 Å². The van der Waals surface area contributed by atoms with Gasteiger partial charge in [-0.25, -0.2) is 4.79 Å². The number of carbonyl (C=O) groups excluding carboxylic acids is 1. The summed E-state index contributed by atoms with van der Waals surface area (Å²) in [6.45, 7) is 0.498. The van der Waals surface area contributed by atoms with Crippen LogP contribution < -0.4 is 26.0 Å². The normalized spacial score (nSPS) is 11.9. The Morgan fingerprint density at radius 1 is 0.972 bits per heavy atom. The average Bonchev–Trinajstić information content (AvgIpc) is 3.38. The molecule has 180 valence electrons. The maximum atomic E-state index is 13.4. The molecule has 1 amide bonds. The van der Waals surface area contributed by atoms with Gasteiger partial charge in [-0.2, -0.15) is 5.26 Å². The molecule has 0 atom stereocenters. The lowest BCUT2D eigenvalue weighted by molar-refractivity contribution is -0.121. The van der Waals surface area contributed by atoms with E-state index in [2.05, 4.69) is 11.4 Å². The van der Waals surface area contributed by atoms with Crippen molar-refractivity contribution < 1.29 is 14.3 Å². The van der Waals surface area contributed by atoms with Crippen LogP contribution in [0.4, 0.5) is 0 Å². The monoisotopic (exact) mass is 482 g/mol. The average molecular weight is 482 g/mol. The van der Waals surface area contributed by atoms with Crippen molar-refractivity contribution in [2.24, 2.45) is 0 Å². The van der Waals surface area contributed by atoms with Crippen LogP contribution in [0.1, 0.15) is 23.1 Å². The van der Waals surface area contributed by atoms with Crippen molar-refractivity contribution in [1.29, 1.82) is 5.26 Å². The van der Waals surface area contributed by atoms with Crippen molar-refractivity contribution in [1.82, 2.24) is 14.5 Å². The van der Waals surface area contributed by atoms with Crippen LogP contribution in [0.25, 0.3) is 10.9 Å². The number of nitrogens with zero attached hydrogens (tertiary/aromatic N) is 3. The number of amides is 1. The first-order chi connectivity index (χ1) is 17.5. The summed E-state index contributed by atoms with van der Waals surface area (Å²) in [6.07, 6.45) is -0.0488. The smallest absolute Gasteiger partial charge is 0.331 e. The molecule has 5 rings (SSSR count). The fourth-order valence-electron chi connectivity index (χ4n) is 4.21. The molecule has 0 aliphatic carbocycles. The second-order valence-corrected chi connectivity index (χ2v) is 8.33. The Hall–Kier alpha value is -4.84. The van der Waals surface area contributed by atoms with Crippen LogP contribution in [0.15, 0.2) is 76.3 Å². The van der Waals surface area contributed by atoms with E-state index in [-0.39, 0.29) is 38.8 Å². The molecule has 1 aliphatic rings. The fourth-order valence-corrected chi connectivity index (χ4v) is 4.21. The number of nitriles is 1. The highest BCUT2D eigenvalue weighted by Crippen LogP contribution is 2.32. The summed E-state index contributed by atoms with van der Waals surface area (Å²) in [4.78, 5) is 39.1. The number of para-hydroxylation sites is 1. The molecular formula is C27H22N4O5. The molecule has 9 heteroatoms. The molecule has 36 heavy (non-hydrogen) atoms. The van der Waals surface area contributed by atoms with Crippen molar-refractivity contribution in [3.63, 3.8) is 0 Å². The van der Waals surface area contributed by atoms with Crippen LogP contribution in [-0.2, 0) is 24.4 Å². The van der Waals surface area contributed by atoms with E-state index in [1.165, 1.54) is 4.57 Å². The molecule has 1 N–H and O–H groups in total. The first kappa shape index (κ1) is 22.9. The lowest BCUT2D eigenvalue weighted by Crippen LogP contribution is -2.41. The number of aromatic nitrogens is 2. The standard InChI is InChI=1S/C27H22N4O5/c28-14-19-5-1-2-6-20(19)16-31-22-8-4-3-7-21(22)26(33)30(27(31)34)12-11-25(32)29-15-18-9-10-23-24(13-18)36-17-35-23/h1-10,13H,11-12,15-17H2,(H,29,32). The summed E-state index contributed by atoms with van der Waals surface area (Å²) in [5.74, 6) is 0.992. The Balaban J connectivity index is 1.37. The predicted octanol–water partition coefficient (Wildman–Crippen LogP) is 2.52. The molecule has 4 aromatic rings. The van der Waals surface area contributed by atoms with Crippen LogP contribution in [0.5, 0.6) is 11.5 Å². The SMILES string of the molecule is N#Cc1ccccc1Cn1c(=O)n(CCC(=O)NCc2ccc3c(c2)OCO3)c(=O)c2ccccc21. The fraction of sp³-hybridized carbons (Fsp3) is 0.185. The minimum atomic E-state index is -0.532. The van der Waals surface area contributed by atoms with Gasteiger partial charge in [0.2, 0.25) is 12.7 Å². The van der Waals surface area contributed by atoms with Gasteiger partial charge in [-0.3, -0.25) is 18.7 Å². The summed E-state index contributed by atoms with van der Waals surface area (Å²) in [7, 11) is 0. The van der Waals surface area contributed by atoms with Crippen molar-refractivity contribution in [2.75, 3.05) is 6.79 Å². The summed E-state index contributed by atoms with van der Waals surface area (Å²) in [5, 5.41) is 12.6. The first-order valence-corrected chi connectivity index (χ1v) is 11.4. The molecule has 9 nitrogen and oxygen atoms in total. The minimum absolute atomic E-state index is 0.0488.